The van der Waals surface area contributed by atoms with Gasteiger partial charge in [0, 0.05) is 36.0 Å². The molecule has 200 valence electrons. The zero-order valence-corrected chi connectivity index (χ0v) is 22.1. The van der Waals surface area contributed by atoms with E-state index < -0.39 is 20.9 Å². The Morgan fingerprint density at radius 1 is 1.00 bits per heavy atom. The normalized spacial score (nSPS) is 21.4. The number of piperidine rings is 1. The molecule has 2 aliphatic rings. The molecule has 37 heavy (non-hydrogen) atoms. The molecule has 0 aliphatic carbocycles. The highest BCUT2D eigenvalue weighted by atomic mass is 35.5. The van der Waals surface area contributed by atoms with Crippen molar-refractivity contribution < 1.29 is 26.3 Å². The Labute approximate surface area is 223 Å². The highest BCUT2D eigenvalue weighted by molar-refractivity contribution is 7.90. The first kappa shape index (κ1) is 26.7. The van der Waals surface area contributed by atoms with Crippen molar-refractivity contribution in [1.82, 2.24) is 14.1 Å². The monoisotopic (exact) mass is 575 g/mol. The van der Waals surface area contributed by atoms with E-state index in [1.165, 1.54) is 0 Å². The molecule has 0 saturated carbocycles. The number of hydrogen-bond acceptors (Lipinski definition) is 4. The first-order chi connectivity index (χ1) is 17.6. The van der Waals surface area contributed by atoms with Gasteiger partial charge in [0.15, 0.2) is 6.23 Å². The molecule has 3 aromatic rings. The van der Waals surface area contributed by atoms with Gasteiger partial charge in [-0.1, -0.05) is 29.8 Å². The number of ether oxygens (including phenoxy) is 1. The van der Waals surface area contributed by atoms with Crippen LogP contribution in [-0.4, -0.2) is 47.7 Å². The Bertz CT molecular complexity index is 1370. The summed E-state index contributed by atoms with van der Waals surface area (Å²) in [7, 11) is -5.35. The third-order valence-corrected chi connectivity index (χ3v) is 9.50. The van der Waals surface area contributed by atoms with Gasteiger partial charge in [0.05, 0.1) is 16.6 Å². The summed E-state index contributed by atoms with van der Waals surface area (Å²) in [6.07, 6.45) is 3.03. The molecule has 3 heterocycles. The van der Waals surface area contributed by atoms with E-state index in [0.29, 0.717) is 15.9 Å². The van der Waals surface area contributed by atoms with E-state index in [-0.39, 0.29) is 38.1 Å². The number of aromatic nitrogens is 2. The van der Waals surface area contributed by atoms with Crippen LogP contribution in [0, 0.1) is 0 Å². The Balaban J connectivity index is 1.49. The third-order valence-electron chi connectivity index (χ3n) is 7.12. The summed E-state index contributed by atoms with van der Waals surface area (Å²) in [6, 6.07) is 13.1. The molecule has 12 heteroatoms. The summed E-state index contributed by atoms with van der Waals surface area (Å²) in [6.45, 7) is 0.195. The quantitative estimate of drug-likeness (QED) is 0.316. The smallest absolute Gasteiger partial charge is 0.356 e. The van der Waals surface area contributed by atoms with Gasteiger partial charge in [-0.25, -0.2) is 13.1 Å². The first-order valence-corrected chi connectivity index (χ1v) is 14.4. The fourth-order valence-electron chi connectivity index (χ4n) is 5.12. The summed E-state index contributed by atoms with van der Waals surface area (Å²) in [5, 5.41) is 5.92. The predicted octanol–water partition coefficient (Wildman–Crippen LogP) is 6.75. The highest BCUT2D eigenvalue weighted by Gasteiger charge is 2.50. The molecule has 0 radical (unpaired) electrons. The van der Waals surface area contributed by atoms with Crippen molar-refractivity contribution in [2.24, 2.45) is 0 Å². The lowest BCUT2D eigenvalue weighted by atomic mass is 9.91. The second-order valence-electron chi connectivity index (χ2n) is 9.47. The van der Waals surface area contributed by atoms with Crippen LogP contribution in [-0.2, 0) is 14.8 Å². The van der Waals surface area contributed by atoms with E-state index in [0.717, 1.165) is 47.0 Å². The predicted molar refractivity (Wildman–Crippen MR) is 136 cm³/mol. The second-order valence-corrected chi connectivity index (χ2v) is 12.3. The fraction of sp³-hybridized carbons (Fsp3) is 0.480. The van der Waals surface area contributed by atoms with Crippen molar-refractivity contribution in [2.75, 3.05) is 19.7 Å². The van der Waals surface area contributed by atoms with E-state index in [1.807, 2.05) is 35.0 Å². The zero-order valence-electron chi connectivity index (χ0n) is 19.8. The van der Waals surface area contributed by atoms with Crippen LogP contribution in [0.15, 0.2) is 42.5 Å². The van der Waals surface area contributed by atoms with Crippen LogP contribution in [0.3, 0.4) is 0 Å². The van der Waals surface area contributed by atoms with Crippen LogP contribution in [0.25, 0.3) is 10.9 Å². The van der Waals surface area contributed by atoms with Crippen molar-refractivity contribution in [3.8, 4) is 0 Å². The van der Waals surface area contributed by atoms with Crippen LogP contribution < -0.4 is 0 Å². The molecule has 0 bridgehead atoms. The lowest BCUT2D eigenvalue weighted by molar-refractivity contribution is -0.0495. The number of halogens is 5. The number of hydrogen-bond donors (Lipinski definition) is 0. The number of nitrogens with zero attached hydrogens (tertiary/aromatic N) is 3. The van der Waals surface area contributed by atoms with Crippen molar-refractivity contribution in [3.63, 3.8) is 0 Å². The molecule has 2 atom stereocenters. The molecule has 5 rings (SSSR count). The van der Waals surface area contributed by atoms with Gasteiger partial charge < -0.3 is 4.74 Å². The average molecular weight is 576 g/mol. The van der Waals surface area contributed by atoms with Gasteiger partial charge in [-0.15, -0.1) is 11.6 Å². The van der Waals surface area contributed by atoms with E-state index in [1.54, 1.807) is 12.1 Å². The second kappa shape index (κ2) is 10.4. The maximum Gasteiger partial charge on any atom is 0.511 e. The van der Waals surface area contributed by atoms with Crippen molar-refractivity contribution in [1.29, 1.82) is 0 Å². The molecule has 2 saturated heterocycles. The number of sulfonamides is 1. The van der Waals surface area contributed by atoms with Crippen LogP contribution in [0.4, 0.5) is 13.2 Å². The van der Waals surface area contributed by atoms with E-state index >= 15 is 0 Å². The average Bonchev–Trinajstić information content (AvgIpc) is 3.27. The summed E-state index contributed by atoms with van der Waals surface area (Å²) in [4.78, 5) is 0. The van der Waals surface area contributed by atoms with Gasteiger partial charge in [0.25, 0.3) is 0 Å². The van der Waals surface area contributed by atoms with Gasteiger partial charge in [0.1, 0.15) is 0 Å². The molecule has 0 N–H and O–H groups in total. The lowest BCUT2D eigenvalue weighted by Crippen LogP contribution is -2.44. The van der Waals surface area contributed by atoms with E-state index in [4.69, 9.17) is 33.0 Å². The van der Waals surface area contributed by atoms with Crippen molar-refractivity contribution >= 4 is 44.1 Å². The largest absolute Gasteiger partial charge is 0.511 e. The molecule has 0 amide bonds. The van der Waals surface area contributed by atoms with Gasteiger partial charge >= 0.3 is 15.5 Å². The maximum atomic E-state index is 13.1. The van der Waals surface area contributed by atoms with Gasteiger partial charge in [-0.3, -0.25) is 0 Å². The topological polar surface area (TPSA) is 64.4 Å². The molecular formula is C25H26Cl2F3N3O3S. The highest BCUT2D eigenvalue weighted by Crippen LogP contribution is 2.39. The van der Waals surface area contributed by atoms with Gasteiger partial charge in [0.2, 0.25) is 0 Å². The molecule has 0 spiro atoms. The molecule has 2 aliphatic heterocycles. The molecule has 2 unspecified atom stereocenters. The first-order valence-electron chi connectivity index (χ1n) is 12.2. The standard InChI is InChI=1S/C25H26Cl2F3N3O3S/c26-19-7-4-16(5-8-19)23(27)18-6-9-21-20(15-18)24(31-33(21)22-3-1-2-14-36-22)17-10-12-32(13-11-17)37(34,35)25(28,29)30/h4-9,15,17,22-23H,1-3,10-14H2. The molecule has 2 fully saturated rings. The summed E-state index contributed by atoms with van der Waals surface area (Å²) >= 11 is 12.8. The van der Waals surface area contributed by atoms with Crippen LogP contribution >= 0.6 is 23.2 Å². The van der Waals surface area contributed by atoms with Crippen LogP contribution in [0.2, 0.25) is 5.02 Å². The van der Waals surface area contributed by atoms with Gasteiger partial charge in [-0.2, -0.15) is 22.6 Å². The Hall–Kier alpha value is -1.85. The maximum absolute atomic E-state index is 13.1. The van der Waals surface area contributed by atoms with Crippen LogP contribution in [0.1, 0.15) is 66.4 Å². The molecule has 2 aromatic carbocycles. The lowest BCUT2D eigenvalue weighted by Gasteiger charge is -2.31. The Morgan fingerprint density at radius 2 is 1.68 bits per heavy atom. The SMILES string of the molecule is O=S(=O)(N1CCC(c2nn(C3CCCCO3)c3ccc(C(Cl)c4ccc(Cl)cc4)cc23)CC1)C(F)(F)F. The van der Waals surface area contributed by atoms with E-state index in [2.05, 4.69) is 0 Å². The minimum atomic E-state index is -5.35. The number of benzene rings is 2. The number of rotatable bonds is 5. The van der Waals surface area contributed by atoms with E-state index in [9.17, 15) is 21.6 Å². The van der Waals surface area contributed by atoms with Gasteiger partial charge in [-0.05, 0) is 67.5 Å². The summed E-state index contributed by atoms with van der Waals surface area (Å²) in [5.74, 6) is -0.202. The number of alkyl halides is 4. The van der Waals surface area contributed by atoms with Crippen molar-refractivity contribution in [2.45, 2.75) is 55.1 Å². The van der Waals surface area contributed by atoms with Crippen molar-refractivity contribution in [3.05, 3.63) is 64.3 Å². The Morgan fingerprint density at radius 3 is 2.30 bits per heavy atom. The van der Waals surface area contributed by atoms with Crippen LogP contribution in [0.5, 0.6) is 0 Å². The molecule has 6 nitrogen and oxygen atoms in total. The molecule has 1 aromatic heterocycles. The summed E-state index contributed by atoms with van der Waals surface area (Å²) < 4.78 is 71.3. The Kier molecular flexibility index (Phi) is 7.50. The minimum Gasteiger partial charge on any atom is -0.356 e. The number of fused-ring (bicyclic) bond motifs is 1. The molecular weight excluding hydrogens is 550 g/mol. The third kappa shape index (κ3) is 5.23. The summed E-state index contributed by atoms with van der Waals surface area (Å²) in [5.41, 5.74) is -2.00. The zero-order chi connectivity index (χ0) is 26.4. The minimum absolute atomic E-state index is 0.202. The fourth-order valence-corrected chi connectivity index (χ4v) is 6.51.